The monoisotopic (exact) mass is 262 g/mol. The van der Waals surface area contributed by atoms with Gasteiger partial charge in [0.15, 0.2) is 0 Å². The normalized spacial score (nSPS) is 19.6. The molecular weight excluding hydrogens is 236 g/mol. The molecule has 2 N–H and O–H groups in total. The van der Waals surface area contributed by atoms with E-state index >= 15 is 0 Å². The van der Waals surface area contributed by atoms with Gasteiger partial charge in [0.1, 0.15) is 5.75 Å². The summed E-state index contributed by atoms with van der Waals surface area (Å²) in [4.78, 5) is 2.32. The summed E-state index contributed by atoms with van der Waals surface area (Å²) in [6.45, 7) is 2.70. The SMILES string of the molecule is CCOc1ccc(C(N)C2(N(C)C)CCCC2)cc1. The van der Waals surface area contributed by atoms with Gasteiger partial charge >= 0.3 is 0 Å². The molecule has 1 aromatic carbocycles. The molecule has 0 aromatic heterocycles. The summed E-state index contributed by atoms with van der Waals surface area (Å²) < 4.78 is 5.49. The van der Waals surface area contributed by atoms with Crippen LogP contribution in [0.15, 0.2) is 24.3 Å². The predicted octanol–water partition coefficient (Wildman–Crippen LogP) is 2.96. The molecule has 1 saturated carbocycles. The molecule has 0 amide bonds. The highest BCUT2D eigenvalue weighted by atomic mass is 16.5. The first-order valence-corrected chi connectivity index (χ1v) is 7.26. The van der Waals surface area contributed by atoms with Crippen LogP contribution in [0.25, 0.3) is 0 Å². The van der Waals surface area contributed by atoms with E-state index in [9.17, 15) is 0 Å². The molecule has 3 heteroatoms. The number of hydrogen-bond donors (Lipinski definition) is 1. The van der Waals surface area contributed by atoms with Crippen LogP contribution in [0.5, 0.6) is 5.75 Å². The van der Waals surface area contributed by atoms with E-state index in [-0.39, 0.29) is 11.6 Å². The first kappa shape index (κ1) is 14.4. The molecule has 1 atom stereocenters. The molecule has 1 aliphatic rings. The van der Waals surface area contributed by atoms with Crippen LogP contribution in [0.4, 0.5) is 0 Å². The molecule has 1 aliphatic carbocycles. The van der Waals surface area contributed by atoms with Gasteiger partial charge in [0, 0.05) is 11.6 Å². The summed E-state index contributed by atoms with van der Waals surface area (Å²) in [7, 11) is 4.31. The fourth-order valence-corrected chi connectivity index (χ4v) is 3.27. The summed E-state index contributed by atoms with van der Waals surface area (Å²) in [5, 5.41) is 0. The molecule has 1 fully saturated rings. The van der Waals surface area contributed by atoms with Gasteiger partial charge in [0.05, 0.1) is 6.61 Å². The second-order valence-corrected chi connectivity index (χ2v) is 5.68. The smallest absolute Gasteiger partial charge is 0.119 e. The third-order valence-corrected chi connectivity index (χ3v) is 4.49. The zero-order valence-corrected chi connectivity index (χ0v) is 12.4. The Labute approximate surface area is 116 Å². The molecule has 0 bridgehead atoms. The van der Waals surface area contributed by atoms with Crippen LogP contribution < -0.4 is 10.5 Å². The number of rotatable bonds is 5. The Balaban J connectivity index is 2.19. The summed E-state index contributed by atoms with van der Waals surface area (Å²) in [6, 6.07) is 8.34. The molecule has 3 nitrogen and oxygen atoms in total. The van der Waals surface area contributed by atoms with E-state index < -0.39 is 0 Å². The molecule has 19 heavy (non-hydrogen) atoms. The quantitative estimate of drug-likeness (QED) is 0.886. The van der Waals surface area contributed by atoms with Crippen LogP contribution in [0.3, 0.4) is 0 Å². The van der Waals surface area contributed by atoms with Crippen molar-refractivity contribution in [1.29, 1.82) is 0 Å². The van der Waals surface area contributed by atoms with E-state index in [0.717, 1.165) is 5.75 Å². The van der Waals surface area contributed by atoms with Crippen molar-refractivity contribution in [2.75, 3.05) is 20.7 Å². The number of hydrogen-bond acceptors (Lipinski definition) is 3. The van der Waals surface area contributed by atoms with E-state index in [0.29, 0.717) is 6.61 Å². The number of benzene rings is 1. The Morgan fingerprint density at radius 3 is 2.26 bits per heavy atom. The van der Waals surface area contributed by atoms with Crippen molar-refractivity contribution >= 4 is 0 Å². The minimum Gasteiger partial charge on any atom is -0.494 e. The molecule has 2 rings (SSSR count). The van der Waals surface area contributed by atoms with Gasteiger partial charge in [0.2, 0.25) is 0 Å². The fraction of sp³-hybridized carbons (Fsp3) is 0.625. The minimum absolute atomic E-state index is 0.0701. The van der Waals surface area contributed by atoms with Gasteiger partial charge in [-0.2, -0.15) is 0 Å². The van der Waals surface area contributed by atoms with E-state index in [2.05, 4.69) is 31.1 Å². The summed E-state index contributed by atoms with van der Waals surface area (Å²) in [5.74, 6) is 0.920. The van der Waals surface area contributed by atoms with E-state index in [1.165, 1.54) is 31.2 Å². The first-order chi connectivity index (χ1) is 9.10. The highest BCUT2D eigenvalue weighted by Gasteiger charge is 2.41. The maximum atomic E-state index is 6.58. The third kappa shape index (κ3) is 2.77. The van der Waals surface area contributed by atoms with Gasteiger partial charge in [-0.3, -0.25) is 0 Å². The van der Waals surface area contributed by atoms with Gasteiger partial charge < -0.3 is 15.4 Å². The molecule has 0 spiro atoms. The van der Waals surface area contributed by atoms with Crippen molar-refractivity contribution in [3.05, 3.63) is 29.8 Å². The molecule has 1 aromatic rings. The van der Waals surface area contributed by atoms with Crippen molar-refractivity contribution in [3.8, 4) is 5.75 Å². The molecule has 0 radical (unpaired) electrons. The largest absolute Gasteiger partial charge is 0.494 e. The number of ether oxygens (including phenoxy) is 1. The standard InChI is InChI=1S/C16H26N2O/c1-4-19-14-9-7-13(8-10-14)15(17)16(18(2)3)11-5-6-12-16/h7-10,15H,4-6,11-12,17H2,1-3H3. The average Bonchev–Trinajstić information content (AvgIpc) is 2.90. The number of likely N-dealkylation sites (N-methyl/N-ethyl adjacent to an activating group) is 1. The first-order valence-electron chi connectivity index (χ1n) is 7.26. The molecular formula is C16H26N2O. The van der Waals surface area contributed by atoms with E-state index in [4.69, 9.17) is 10.5 Å². The lowest BCUT2D eigenvalue weighted by molar-refractivity contribution is 0.123. The lowest BCUT2D eigenvalue weighted by Crippen LogP contribution is -2.50. The molecule has 0 saturated heterocycles. The third-order valence-electron chi connectivity index (χ3n) is 4.49. The topological polar surface area (TPSA) is 38.5 Å². The lowest BCUT2D eigenvalue weighted by Gasteiger charge is -2.41. The zero-order chi connectivity index (χ0) is 13.9. The maximum Gasteiger partial charge on any atom is 0.119 e. The summed E-state index contributed by atoms with van der Waals surface area (Å²) in [5.41, 5.74) is 7.90. The van der Waals surface area contributed by atoms with Crippen LogP contribution in [-0.2, 0) is 0 Å². The lowest BCUT2D eigenvalue weighted by atomic mass is 9.83. The van der Waals surface area contributed by atoms with Crippen molar-refractivity contribution in [2.24, 2.45) is 5.73 Å². The number of nitrogens with two attached hydrogens (primary N) is 1. The highest BCUT2D eigenvalue weighted by molar-refractivity contribution is 5.31. The van der Waals surface area contributed by atoms with E-state index in [1.54, 1.807) is 0 Å². The van der Waals surface area contributed by atoms with Crippen LogP contribution in [0.1, 0.15) is 44.2 Å². The maximum absolute atomic E-state index is 6.58. The van der Waals surface area contributed by atoms with E-state index in [1.807, 2.05) is 19.1 Å². The second kappa shape index (κ2) is 5.93. The fourth-order valence-electron chi connectivity index (χ4n) is 3.27. The van der Waals surface area contributed by atoms with Crippen molar-refractivity contribution in [3.63, 3.8) is 0 Å². The Hall–Kier alpha value is -1.06. The van der Waals surface area contributed by atoms with Crippen molar-refractivity contribution < 1.29 is 4.74 Å². The molecule has 0 aliphatic heterocycles. The molecule has 0 heterocycles. The number of nitrogens with zero attached hydrogens (tertiary/aromatic N) is 1. The highest BCUT2D eigenvalue weighted by Crippen LogP contribution is 2.42. The predicted molar refractivity (Wildman–Crippen MR) is 79.4 cm³/mol. The van der Waals surface area contributed by atoms with Crippen LogP contribution in [0.2, 0.25) is 0 Å². The van der Waals surface area contributed by atoms with Gasteiger partial charge in [-0.05, 0) is 51.6 Å². The molecule has 1 unspecified atom stereocenters. The summed E-state index contributed by atoms with van der Waals surface area (Å²) in [6.07, 6.45) is 4.94. The van der Waals surface area contributed by atoms with Gasteiger partial charge in [-0.1, -0.05) is 25.0 Å². The Bertz CT molecular complexity index is 394. The summed E-state index contributed by atoms with van der Waals surface area (Å²) >= 11 is 0. The molecule has 106 valence electrons. The van der Waals surface area contributed by atoms with Crippen molar-refractivity contribution in [1.82, 2.24) is 4.90 Å². The van der Waals surface area contributed by atoms with Gasteiger partial charge in [0.25, 0.3) is 0 Å². The second-order valence-electron chi connectivity index (χ2n) is 5.68. The Morgan fingerprint density at radius 2 is 1.79 bits per heavy atom. The van der Waals surface area contributed by atoms with Crippen LogP contribution >= 0.6 is 0 Å². The Kier molecular flexibility index (Phi) is 4.48. The zero-order valence-electron chi connectivity index (χ0n) is 12.4. The van der Waals surface area contributed by atoms with Crippen molar-refractivity contribution in [2.45, 2.75) is 44.2 Å². The van der Waals surface area contributed by atoms with Gasteiger partial charge in [-0.25, -0.2) is 0 Å². The van der Waals surface area contributed by atoms with Crippen LogP contribution in [0, 0.1) is 0 Å². The average molecular weight is 262 g/mol. The Morgan fingerprint density at radius 1 is 1.21 bits per heavy atom. The van der Waals surface area contributed by atoms with Gasteiger partial charge in [-0.15, -0.1) is 0 Å². The van der Waals surface area contributed by atoms with Crippen LogP contribution in [-0.4, -0.2) is 31.1 Å². The minimum atomic E-state index is 0.0701.